The van der Waals surface area contributed by atoms with Gasteiger partial charge in [-0.15, -0.1) is 0 Å². The standard InChI is InChI=1S/C17H24N2O/c1-14-6-2-3-7-16(14)17(20)19-12-8-15(9-13-19)18-10-4-5-11-18/h2-3,7-8,14H,4-6,9-13H2,1H3. The van der Waals surface area contributed by atoms with E-state index in [1.165, 1.54) is 31.6 Å². The Morgan fingerprint density at radius 1 is 1.25 bits per heavy atom. The van der Waals surface area contributed by atoms with Gasteiger partial charge in [0.25, 0.3) is 0 Å². The zero-order valence-corrected chi connectivity index (χ0v) is 12.3. The van der Waals surface area contributed by atoms with Crippen molar-refractivity contribution in [2.45, 2.75) is 32.6 Å². The summed E-state index contributed by atoms with van der Waals surface area (Å²) in [6, 6.07) is 0. The van der Waals surface area contributed by atoms with Crippen molar-refractivity contribution in [1.29, 1.82) is 0 Å². The Kier molecular flexibility index (Phi) is 3.95. The van der Waals surface area contributed by atoms with E-state index in [0.717, 1.165) is 31.5 Å². The minimum Gasteiger partial charge on any atom is -0.375 e. The van der Waals surface area contributed by atoms with Crippen LogP contribution in [0.15, 0.2) is 35.6 Å². The molecule has 1 atom stereocenters. The Labute approximate surface area is 121 Å². The van der Waals surface area contributed by atoms with Crippen molar-refractivity contribution in [3.05, 3.63) is 35.6 Å². The van der Waals surface area contributed by atoms with Crippen molar-refractivity contribution in [2.75, 3.05) is 26.2 Å². The molecule has 0 aromatic heterocycles. The van der Waals surface area contributed by atoms with Gasteiger partial charge in [0.15, 0.2) is 0 Å². The fourth-order valence-corrected chi connectivity index (χ4v) is 3.34. The summed E-state index contributed by atoms with van der Waals surface area (Å²) in [6.45, 7) is 6.19. The number of rotatable bonds is 2. The van der Waals surface area contributed by atoms with Crippen LogP contribution in [-0.2, 0) is 4.79 Å². The van der Waals surface area contributed by atoms with Gasteiger partial charge < -0.3 is 9.80 Å². The lowest BCUT2D eigenvalue weighted by atomic mass is 9.92. The molecule has 2 aliphatic heterocycles. The lowest BCUT2D eigenvalue weighted by Gasteiger charge is -2.32. The van der Waals surface area contributed by atoms with E-state index in [2.05, 4.69) is 24.0 Å². The molecule has 0 radical (unpaired) electrons. The van der Waals surface area contributed by atoms with Crippen LogP contribution in [0.1, 0.15) is 32.6 Å². The molecule has 20 heavy (non-hydrogen) atoms. The normalized spacial score (nSPS) is 26.6. The molecular formula is C17H24N2O. The second-order valence-electron chi connectivity index (χ2n) is 6.08. The average Bonchev–Trinajstić information content (AvgIpc) is 3.01. The van der Waals surface area contributed by atoms with E-state index >= 15 is 0 Å². The molecule has 0 aromatic rings. The fourth-order valence-electron chi connectivity index (χ4n) is 3.34. The average molecular weight is 272 g/mol. The van der Waals surface area contributed by atoms with E-state index in [9.17, 15) is 4.79 Å². The third kappa shape index (κ3) is 2.67. The van der Waals surface area contributed by atoms with Gasteiger partial charge in [-0.1, -0.05) is 25.2 Å². The summed E-state index contributed by atoms with van der Waals surface area (Å²) in [5.41, 5.74) is 2.43. The highest BCUT2D eigenvalue weighted by Gasteiger charge is 2.26. The molecule has 0 aromatic carbocycles. The van der Waals surface area contributed by atoms with Gasteiger partial charge in [-0.2, -0.15) is 0 Å². The molecular weight excluding hydrogens is 248 g/mol. The molecule has 1 amide bonds. The minimum atomic E-state index is 0.235. The molecule has 0 N–H and O–H groups in total. The molecule has 3 heteroatoms. The van der Waals surface area contributed by atoms with Gasteiger partial charge >= 0.3 is 0 Å². The van der Waals surface area contributed by atoms with Crippen molar-refractivity contribution in [2.24, 2.45) is 5.92 Å². The van der Waals surface area contributed by atoms with E-state index in [1.54, 1.807) is 0 Å². The molecule has 1 aliphatic carbocycles. The first-order valence-corrected chi connectivity index (χ1v) is 7.85. The Morgan fingerprint density at radius 3 is 2.70 bits per heavy atom. The van der Waals surface area contributed by atoms with Crippen LogP contribution in [0.5, 0.6) is 0 Å². The van der Waals surface area contributed by atoms with Gasteiger partial charge in [0, 0.05) is 43.9 Å². The van der Waals surface area contributed by atoms with E-state index < -0.39 is 0 Å². The van der Waals surface area contributed by atoms with Crippen LogP contribution in [0.2, 0.25) is 0 Å². The van der Waals surface area contributed by atoms with Crippen LogP contribution in [0.3, 0.4) is 0 Å². The van der Waals surface area contributed by atoms with Gasteiger partial charge in [0.1, 0.15) is 0 Å². The molecule has 0 spiro atoms. The van der Waals surface area contributed by atoms with Crippen LogP contribution in [0.25, 0.3) is 0 Å². The smallest absolute Gasteiger partial charge is 0.250 e. The van der Waals surface area contributed by atoms with Crippen LogP contribution in [-0.4, -0.2) is 41.9 Å². The predicted octanol–water partition coefficient (Wildman–Crippen LogP) is 2.72. The number of hydrogen-bond donors (Lipinski definition) is 0. The van der Waals surface area contributed by atoms with Crippen LogP contribution < -0.4 is 0 Å². The number of nitrogens with zero attached hydrogens (tertiary/aromatic N) is 2. The molecule has 1 saturated heterocycles. The molecule has 0 bridgehead atoms. The first-order valence-electron chi connectivity index (χ1n) is 7.85. The summed E-state index contributed by atoms with van der Waals surface area (Å²) in [4.78, 5) is 17.1. The molecule has 0 saturated carbocycles. The number of amides is 1. The molecule has 3 rings (SSSR count). The van der Waals surface area contributed by atoms with Crippen molar-refractivity contribution >= 4 is 5.91 Å². The summed E-state index contributed by atoms with van der Waals surface area (Å²) in [5, 5.41) is 0. The third-order valence-electron chi connectivity index (χ3n) is 4.66. The first-order chi connectivity index (χ1) is 9.75. The molecule has 108 valence electrons. The zero-order valence-electron chi connectivity index (χ0n) is 12.3. The number of carbonyl (C=O) groups excluding carboxylic acids is 1. The van der Waals surface area contributed by atoms with Gasteiger partial charge in [-0.05, 0) is 31.3 Å². The lowest BCUT2D eigenvalue weighted by Crippen LogP contribution is -2.39. The maximum absolute atomic E-state index is 12.6. The second kappa shape index (κ2) is 5.86. The molecule has 1 unspecified atom stereocenters. The highest BCUT2D eigenvalue weighted by Crippen LogP contribution is 2.25. The quantitative estimate of drug-likeness (QED) is 0.771. The molecule has 1 fully saturated rings. The van der Waals surface area contributed by atoms with Gasteiger partial charge in [-0.3, -0.25) is 4.79 Å². The fraction of sp³-hybridized carbons (Fsp3) is 0.588. The molecule has 3 nitrogen and oxygen atoms in total. The number of likely N-dealkylation sites (tertiary alicyclic amines) is 1. The highest BCUT2D eigenvalue weighted by molar-refractivity contribution is 5.94. The summed E-state index contributed by atoms with van der Waals surface area (Å²) >= 11 is 0. The van der Waals surface area contributed by atoms with Gasteiger partial charge in [-0.25, -0.2) is 0 Å². The molecule has 3 aliphatic rings. The first kappa shape index (κ1) is 13.5. The third-order valence-corrected chi connectivity index (χ3v) is 4.66. The van der Waals surface area contributed by atoms with Gasteiger partial charge in [0.05, 0.1) is 0 Å². The monoisotopic (exact) mass is 272 g/mol. The van der Waals surface area contributed by atoms with Crippen LogP contribution >= 0.6 is 0 Å². The largest absolute Gasteiger partial charge is 0.375 e. The maximum atomic E-state index is 12.6. The van der Waals surface area contributed by atoms with E-state index in [0.29, 0.717) is 5.92 Å². The lowest BCUT2D eigenvalue weighted by molar-refractivity contribution is -0.127. The number of allylic oxidation sites excluding steroid dienone is 3. The Bertz CT molecular complexity index is 469. The summed E-state index contributed by atoms with van der Waals surface area (Å²) in [5.74, 6) is 0.593. The predicted molar refractivity (Wildman–Crippen MR) is 81.1 cm³/mol. The van der Waals surface area contributed by atoms with Crippen molar-refractivity contribution in [1.82, 2.24) is 9.80 Å². The summed E-state index contributed by atoms with van der Waals surface area (Å²) < 4.78 is 0. The van der Waals surface area contributed by atoms with Crippen LogP contribution in [0.4, 0.5) is 0 Å². The summed E-state index contributed by atoms with van der Waals surface area (Å²) in [6.07, 6.45) is 13.1. The SMILES string of the molecule is CC1CC=CC=C1C(=O)N1CC=C(N2CCCC2)CC1. The Hall–Kier alpha value is -1.51. The Balaban J connectivity index is 1.64. The topological polar surface area (TPSA) is 23.6 Å². The number of hydrogen-bond acceptors (Lipinski definition) is 2. The number of carbonyl (C=O) groups is 1. The van der Waals surface area contributed by atoms with E-state index in [-0.39, 0.29) is 5.91 Å². The molecule has 2 heterocycles. The van der Waals surface area contributed by atoms with Crippen molar-refractivity contribution < 1.29 is 4.79 Å². The zero-order chi connectivity index (χ0) is 13.9. The van der Waals surface area contributed by atoms with Crippen molar-refractivity contribution in [3.8, 4) is 0 Å². The maximum Gasteiger partial charge on any atom is 0.250 e. The minimum absolute atomic E-state index is 0.235. The second-order valence-corrected chi connectivity index (χ2v) is 6.08. The van der Waals surface area contributed by atoms with E-state index in [4.69, 9.17) is 0 Å². The van der Waals surface area contributed by atoms with Crippen molar-refractivity contribution in [3.63, 3.8) is 0 Å². The van der Waals surface area contributed by atoms with Gasteiger partial charge in [0.2, 0.25) is 5.91 Å². The highest BCUT2D eigenvalue weighted by atomic mass is 16.2. The summed E-state index contributed by atoms with van der Waals surface area (Å²) in [7, 11) is 0. The Morgan fingerprint density at radius 2 is 2.05 bits per heavy atom. The van der Waals surface area contributed by atoms with E-state index in [1.807, 2.05) is 17.1 Å². The van der Waals surface area contributed by atoms with Crippen LogP contribution in [0, 0.1) is 5.92 Å².